The summed E-state index contributed by atoms with van der Waals surface area (Å²) in [5, 5.41) is 19.9. The van der Waals surface area contributed by atoms with Crippen molar-refractivity contribution in [3.8, 4) is 17.9 Å². The van der Waals surface area contributed by atoms with Crippen molar-refractivity contribution in [2.24, 2.45) is 0 Å². The fraction of sp³-hybridized carbons (Fsp3) is 0.176. The molecule has 4 heteroatoms. The third-order valence-electron chi connectivity index (χ3n) is 3.01. The second kappa shape index (κ2) is 7.09. The third kappa shape index (κ3) is 3.39. The maximum absolute atomic E-state index is 8.96. The van der Waals surface area contributed by atoms with Crippen LogP contribution in [-0.2, 0) is 4.74 Å². The summed E-state index contributed by atoms with van der Waals surface area (Å²) in [5.41, 5.74) is 0.783. The van der Waals surface area contributed by atoms with Crippen molar-refractivity contribution in [1.82, 2.24) is 0 Å². The van der Waals surface area contributed by atoms with Crippen LogP contribution in [0.15, 0.2) is 42.0 Å². The lowest BCUT2D eigenvalue weighted by Crippen LogP contribution is -2.05. The zero-order chi connectivity index (χ0) is 15.1. The first kappa shape index (κ1) is 14.6. The third-order valence-corrected chi connectivity index (χ3v) is 3.01. The number of benzene rings is 2. The van der Waals surface area contributed by atoms with Crippen LogP contribution >= 0.6 is 0 Å². The number of hydrogen-bond donors (Lipinski definition) is 0. The summed E-state index contributed by atoms with van der Waals surface area (Å²) >= 11 is 0. The number of ether oxygens (including phenoxy) is 2. The van der Waals surface area contributed by atoms with Crippen molar-refractivity contribution in [1.29, 1.82) is 10.5 Å². The van der Waals surface area contributed by atoms with Gasteiger partial charge in [-0.2, -0.15) is 10.5 Å². The number of nitriles is 2. The Morgan fingerprint density at radius 1 is 1.10 bits per heavy atom. The van der Waals surface area contributed by atoms with Gasteiger partial charge in [0.2, 0.25) is 0 Å². The summed E-state index contributed by atoms with van der Waals surface area (Å²) in [4.78, 5) is 0. The van der Waals surface area contributed by atoms with Crippen LogP contribution in [0.4, 0.5) is 0 Å². The fourth-order valence-electron chi connectivity index (χ4n) is 2.02. The Balaban J connectivity index is 2.55. The lowest BCUT2D eigenvalue weighted by molar-refractivity contribution is 0.146. The Morgan fingerprint density at radius 2 is 1.86 bits per heavy atom. The summed E-state index contributed by atoms with van der Waals surface area (Å²) in [7, 11) is 1.61. The molecule has 0 fully saturated rings. The molecule has 0 saturated heterocycles. The van der Waals surface area contributed by atoms with Gasteiger partial charge in [-0.3, -0.25) is 0 Å². The summed E-state index contributed by atoms with van der Waals surface area (Å²) in [5.74, 6) is 0.633. The standard InChI is InChI=1S/C17H14N2O2/c1-20-8-9-21-17-7-6-14-4-2-3-5-15(14)16(17)10-13(11-18)12-19/h2-7,10H,8-9H2,1H3. The Kier molecular flexibility index (Phi) is 4.93. The van der Waals surface area contributed by atoms with E-state index in [-0.39, 0.29) is 5.57 Å². The van der Waals surface area contributed by atoms with E-state index in [1.165, 1.54) is 0 Å². The molecular formula is C17H14N2O2. The lowest BCUT2D eigenvalue weighted by Gasteiger charge is -2.11. The average Bonchev–Trinajstić information content (AvgIpc) is 2.53. The molecule has 0 aliphatic heterocycles. The summed E-state index contributed by atoms with van der Waals surface area (Å²) in [6.07, 6.45) is 1.56. The lowest BCUT2D eigenvalue weighted by atomic mass is 10.0. The molecular weight excluding hydrogens is 264 g/mol. The van der Waals surface area contributed by atoms with Gasteiger partial charge in [-0.05, 0) is 22.9 Å². The summed E-state index contributed by atoms with van der Waals surface area (Å²) in [6.45, 7) is 0.878. The molecule has 0 heterocycles. The molecule has 0 N–H and O–H groups in total. The molecule has 0 spiro atoms. The smallest absolute Gasteiger partial charge is 0.130 e. The van der Waals surface area contributed by atoms with Crippen molar-refractivity contribution in [2.75, 3.05) is 20.3 Å². The molecule has 2 aromatic carbocycles. The van der Waals surface area contributed by atoms with Crippen LogP contribution in [0.1, 0.15) is 5.56 Å². The number of fused-ring (bicyclic) bond motifs is 1. The van der Waals surface area contributed by atoms with E-state index < -0.39 is 0 Å². The van der Waals surface area contributed by atoms with Crippen molar-refractivity contribution >= 4 is 16.8 Å². The molecule has 4 nitrogen and oxygen atoms in total. The van der Waals surface area contributed by atoms with E-state index in [4.69, 9.17) is 20.0 Å². The molecule has 2 aromatic rings. The van der Waals surface area contributed by atoms with E-state index in [1.807, 2.05) is 48.5 Å². The predicted molar refractivity (Wildman–Crippen MR) is 80.5 cm³/mol. The van der Waals surface area contributed by atoms with Gasteiger partial charge in [0, 0.05) is 12.7 Å². The number of allylic oxidation sites excluding steroid dienone is 1. The summed E-state index contributed by atoms with van der Waals surface area (Å²) in [6, 6.07) is 15.3. The van der Waals surface area contributed by atoms with Gasteiger partial charge in [-0.15, -0.1) is 0 Å². The van der Waals surface area contributed by atoms with Crippen LogP contribution in [0.5, 0.6) is 5.75 Å². The van der Waals surface area contributed by atoms with Crippen LogP contribution in [0.25, 0.3) is 16.8 Å². The van der Waals surface area contributed by atoms with E-state index in [0.29, 0.717) is 19.0 Å². The SMILES string of the molecule is COCCOc1ccc2ccccc2c1C=C(C#N)C#N. The summed E-state index contributed by atoms with van der Waals surface area (Å²) < 4.78 is 10.7. The molecule has 0 unspecified atom stereocenters. The number of hydrogen-bond acceptors (Lipinski definition) is 4. The zero-order valence-electron chi connectivity index (χ0n) is 11.7. The predicted octanol–water partition coefficient (Wildman–Crippen LogP) is 3.30. The molecule has 0 bridgehead atoms. The van der Waals surface area contributed by atoms with E-state index in [9.17, 15) is 0 Å². The number of rotatable bonds is 5. The minimum atomic E-state index is 0.0444. The molecule has 0 aliphatic carbocycles. The van der Waals surface area contributed by atoms with Crippen LogP contribution in [0.3, 0.4) is 0 Å². The Bertz CT molecular complexity index is 735. The normalized spacial score (nSPS) is 9.67. The van der Waals surface area contributed by atoms with Gasteiger partial charge in [0.1, 0.15) is 30.1 Å². The zero-order valence-corrected chi connectivity index (χ0v) is 11.7. The average molecular weight is 278 g/mol. The van der Waals surface area contributed by atoms with Crippen LogP contribution in [0, 0.1) is 22.7 Å². The van der Waals surface area contributed by atoms with Gasteiger partial charge in [-0.1, -0.05) is 30.3 Å². The highest BCUT2D eigenvalue weighted by Crippen LogP contribution is 2.30. The van der Waals surface area contributed by atoms with Gasteiger partial charge in [-0.25, -0.2) is 0 Å². The Labute approximate surface area is 123 Å². The minimum absolute atomic E-state index is 0.0444. The maximum atomic E-state index is 8.96. The fourth-order valence-corrected chi connectivity index (χ4v) is 2.02. The maximum Gasteiger partial charge on any atom is 0.130 e. The first-order valence-electron chi connectivity index (χ1n) is 6.45. The van der Waals surface area contributed by atoms with E-state index in [2.05, 4.69) is 0 Å². The van der Waals surface area contributed by atoms with Crippen LogP contribution in [-0.4, -0.2) is 20.3 Å². The van der Waals surface area contributed by atoms with E-state index >= 15 is 0 Å². The minimum Gasteiger partial charge on any atom is -0.491 e. The topological polar surface area (TPSA) is 66.0 Å². The Morgan fingerprint density at radius 3 is 2.57 bits per heavy atom. The molecule has 0 aromatic heterocycles. The van der Waals surface area contributed by atoms with Gasteiger partial charge in [0.25, 0.3) is 0 Å². The highest BCUT2D eigenvalue weighted by atomic mass is 16.5. The molecule has 0 aliphatic rings. The highest BCUT2D eigenvalue weighted by molar-refractivity contribution is 5.94. The molecule has 0 amide bonds. The van der Waals surface area contributed by atoms with Gasteiger partial charge in [0.15, 0.2) is 0 Å². The Hall–Kier alpha value is -2.82. The first-order valence-corrected chi connectivity index (χ1v) is 6.45. The highest BCUT2D eigenvalue weighted by Gasteiger charge is 2.08. The van der Waals surface area contributed by atoms with Crippen molar-refractivity contribution in [2.45, 2.75) is 0 Å². The van der Waals surface area contributed by atoms with Gasteiger partial charge < -0.3 is 9.47 Å². The molecule has 2 rings (SSSR count). The second-order valence-corrected chi connectivity index (χ2v) is 4.32. The molecule has 104 valence electrons. The van der Waals surface area contributed by atoms with E-state index in [1.54, 1.807) is 13.2 Å². The van der Waals surface area contributed by atoms with Crippen molar-refractivity contribution in [3.05, 3.63) is 47.5 Å². The molecule has 0 saturated carbocycles. The van der Waals surface area contributed by atoms with Crippen LogP contribution in [0.2, 0.25) is 0 Å². The number of methoxy groups -OCH3 is 1. The monoisotopic (exact) mass is 278 g/mol. The molecule has 0 radical (unpaired) electrons. The quantitative estimate of drug-likeness (QED) is 0.621. The van der Waals surface area contributed by atoms with Crippen molar-refractivity contribution in [3.63, 3.8) is 0 Å². The van der Waals surface area contributed by atoms with E-state index in [0.717, 1.165) is 16.3 Å². The van der Waals surface area contributed by atoms with Crippen LogP contribution < -0.4 is 4.74 Å². The van der Waals surface area contributed by atoms with Gasteiger partial charge >= 0.3 is 0 Å². The molecule has 21 heavy (non-hydrogen) atoms. The van der Waals surface area contributed by atoms with Gasteiger partial charge in [0.05, 0.1) is 6.61 Å². The molecule has 0 atom stereocenters. The first-order chi connectivity index (χ1) is 10.3. The second-order valence-electron chi connectivity index (χ2n) is 4.32. The largest absolute Gasteiger partial charge is 0.491 e. The number of nitrogens with zero attached hydrogens (tertiary/aromatic N) is 2. The van der Waals surface area contributed by atoms with Crippen molar-refractivity contribution < 1.29 is 9.47 Å².